The van der Waals surface area contributed by atoms with Crippen LogP contribution in [0.5, 0.6) is 23.0 Å². The predicted molar refractivity (Wildman–Crippen MR) is 97.2 cm³/mol. The van der Waals surface area contributed by atoms with E-state index in [1.165, 1.54) is 0 Å². The Hall–Kier alpha value is -2.76. The van der Waals surface area contributed by atoms with Gasteiger partial charge in [-0.15, -0.1) is 0 Å². The summed E-state index contributed by atoms with van der Waals surface area (Å²) in [5.41, 5.74) is 12.5. The number of anilines is 2. The van der Waals surface area contributed by atoms with Crippen LogP contribution < -0.4 is 30.4 Å². The molecular weight excluding hydrogens is 308 g/mol. The second-order valence-corrected chi connectivity index (χ2v) is 4.67. The number of nitrogens with two attached hydrogens (primary N) is 2. The van der Waals surface area contributed by atoms with Gasteiger partial charge >= 0.3 is 0 Å². The summed E-state index contributed by atoms with van der Waals surface area (Å²) >= 11 is 0. The van der Waals surface area contributed by atoms with E-state index in [4.69, 9.17) is 30.4 Å². The van der Waals surface area contributed by atoms with Gasteiger partial charge < -0.3 is 30.4 Å². The molecule has 0 heterocycles. The molecule has 0 bridgehead atoms. The molecule has 2 rings (SSSR count). The van der Waals surface area contributed by atoms with Crippen LogP contribution >= 0.6 is 0 Å². The van der Waals surface area contributed by atoms with E-state index in [2.05, 4.69) is 0 Å². The first-order valence-electron chi connectivity index (χ1n) is 7.68. The minimum Gasteiger partial charge on any atom is -0.497 e. The molecule has 0 amide bonds. The van der Waals surface area contributed by atoms with Gasteiger partial charge in [0.1, 0.15) is 23.0 Å². The summed E-state index contributed by atoms with van der Waals surface area (Å²) in [6.45, 7) is 5.13. The Kier molecular flexibility index (Phi) is 8.11. The number of nitrogen functional groups attached to an aromatic ring is 2. The van der Waals surface area contributed by atoms with Crippen molar-refractivity contribution in [1.82, 2.24) is 0 Å². The van der Waals surface area contributed by atoms with Crippen LogP contribution in [0, 0.1) is 0 Å². The molecule has 2 aromatic rings. The number of methoxy groups -OCH3 is 2. The maximum atomic E-state index is 5.73. The standard InChI is InChI=1S/C10H15NO2.C8H11NO2/c1-3-12-8-5-6-10(13-4-2)9(11)7-8;1-10-6-3-4-8(11-2)7(9)5-6/h5-7H,3-4,11H2,1-2H3;3-5H,9H2,1-2H3. The molecule has 0 aliphatic rings. The quantitative estimate of drug-likeness (QED) is 0.788. The second-order valence-electron chi connectivity index (χ2n) is 4.67. The molecule has 132 valence electrons. The highest BCUT2D eigenvalue weighted by atomic mass is 16.5. The van der Waals surface area contributed by atoms with Gasteiger partial charge in [0.2, 0.25) is 0 Å². The van der Waals surface area contributed by atoms with E-state index < -0.39 is 0 Å². The highest BCUT2D eigenvalue weighted by Crippen LogP contribution is 2.26. The van der Waals surface area contributed by atoms with E-state index in [0.29, 0.717) is 36.1 Å². The molecule has 0 aliphatic heterocycles. The van der Waals surface area contributed by atoms with Crippen molar-refractivity contribution in [3.63, 3.8) is 0 Å². The van der Waals surface area contributed by atoms with Gasteiger partial charge in [-0.1, -0.05) is 0 Å². The van der Waals surface area contributed by atoms with Gasteiger partial charge in [-0.3, -0.25) is 0 Å². The van der Waals surface area contributed by atoms with Crippen LogP contribution in [0.1, 0.15) is 13.8 Å². The summed E-state index contributed by atoms with van der Waals surface area (Å²) in [4.78, 5) is 0. The number of rotatable bonds is 6. The molecule has 0 radical (unpaired) electrons. The first kappa shape index (κ1) is 19.3. The zero-order valence-corrected chi connectivity index (χ0v) is 14.7. The van der Waals surface area contributed by atoms with E-state index in [-0.39, 0.29) is 0 Å². The smallest absolute Gasteiger partial charge is 0.142 e. The fourth-order valence-corrected chi connectivity index (χ4v) is 1.91. The predicted octanol–water partition coefficient (Wildman–Crippen LogP) is 3.35. The minimum absolute atomic E-state index is 0.590. The third kappa shape index (κ3) is 5.79. The van der Waals surface area contributed by atoms with Crippen LogP contribution in [-0.2, 0) is 0 Å². The molecule has 0 atom stereocenters. The maximum absolute atomic E-state index is 5.73. The molecule has 0 saturated heterocycles. The number of benzene rings is 2. The van der Waals surface area contributed by atoms with Gasteiger partial charge in [0.05, 0.1) is 38.8 Å². The molecule has 0 spiro atoms. The van der Waals surface area contributed by atoms with E-state index in [1.54, 1.807) is 38.5 Å². The van der Waals surface area contributed by atoms with E-state index in [9.17, 15) is 0 Å². The lowest BCUT2D eigenvalue weighted by molar-refractivity contribution is 0.332. The summed E-state index contributed by atoms with van der Waals surface area (Å²) in [7, 11) is 3.18. The van der Waals surface area contributed by atoms with Crippen LogP contribution in [0.4, 0.5) is 11.4 Å². The molecular formula is C18H26N2O4. The van der Waals surface area contributed by atoms with Gasteiger partial charge in [-0.05, 0) is 38.1 Å². The molecule has 0 saturated carbocycles. The zero-order chi connectivity index (χ0) is 17.9. The van der Waals surface area contributed by atoms with Crippen LogP contribution in [0.3, 0.4) is 0 Å². The van der Waals surface area contributed by atoms with Crippen molar-refractivity contribution in [3.8, 4) is 23.0 Å². The number of ether oxygens (including phenoxy) is 4. The van der Waals surface area contributed by atoms with Crippen molar-refractivity contribution in [2.75, 3.05) is 38.9 Å². The summed E-state index contributed by atoms with van der Waals surface area (Å²) < 4.78 is 20.5. The topological polar surface area (TPSA) is 89.0 Å². The summed E-state index contributed by atoms with van der Waals surface area (Å²) in [6, 6.07) is 10.7. The Morgan fingerprint density at radius 3 is 1.75 bits per heavy atom. The lowest BCUT2D eigenvalue weighted by Crippen LogP contribution is -1.98. The Balaban J connectivity index is 0.000000243. The van der Waals surface area contributed by atoms with Crippen molar-refractivity contribution in [3.05, 3.63) is 36.4 Å². The highest BCUT2D eigenvalue weighted by molar-refractivity contribution is 5.56. The maximum Gasteiger partial charge on any atom is 0.142 e. The molecule has 24 heavy (non-hydrogen) atoms. The Bertz CT molecular complexity index is 632. The summed E-state index contributed by atoms with van der Waals surface area (Å²) in [6.07, 6.45) is 0. The van der Waals surface area contributed by atoms with Crippen molar-refractivity contribution in [2.45, 2.75) is 13.8 Å². The largest absolute Gasteiger partial charge is 0.497 e. The van der Waals surface area contributed by atoms with Crippen molar-refractivity contribution in [2.24, 2.45) is 0 Å². The van der Waals surface area contributed by atoms with Crippen LogP contribution in [-0.4, -0.2) is 27.4 Å². The third-order valence-corrected chi connectivity index (χ3v) is 3.03. The summed E-state index contributed by atoms with van der Waals surface area (Å²) in [5.74, 6) is 2.91. The molecule has 4 N–H and O–H groups in total. The van der Waals surface area contributed by atoms with Crippen molar-refractivity contribution in [1.29, 1.82) is 0 Å². The average molecular weight is 334 g/mol. The summed E-state index contributed by atoms with van der Waals surface area (Å²) in [5, 5.41) is 0. The van der Waals surface area contributed by atoms with E-state index in [0.717, 1.165) is 11.5 Å². The highest BCUT2D eigenvalue weighted by Gasteiger charge is 2.01. The lowest BCUT2D eigenvalue weighted by atomic mass is 10.3. The van der Waals surface area contributed by atoms with Crippen LogP contribution in [0.15, 0.2) is 36.4 Å². The SMILES string of the molecule is CCOc1ccc(OCC)c(N)c1.COc1ccc(OC)c(N)c1. The lowest BCUT2D eigenvalue weighted by Gasteiger charge is -2.08. The second kappa shape index (κ2) is 10.1. The van der Waals surface area contributed by atoms with E-state index >= 15 is 0 Å². The average Bonchev–Trinajstić information content (AvgIpc) is 2.58. The first-order chi connectivity index (χ1) is 11.5. The fourth-order valence-electron chi connectivity index (χ4n) is 1.91. The Morgan fingerprint density at radius 2 is 1.25 bits per heavy atom. The molecule has 0 unspecified atom stereocenters. The molecule has 6 nitrogen and oxygen atoms in total. The Morgan fingerprint density at radius 1 is 0.708 bits per heavy atom. The van der Waals surface area contributed by atoms with Crippen molar-refractivity contribution < 1.29 is 18.9 Å². The zero-order valence-electron chi connectivity index (χ0n) is 14.7. The minimum atomic E-state index is 0.590. The van der Waals surface area contributed by atoms with Gasteiger partial charge in [-0.25, -0.2) is 0 Å². The number of hydrogen-bond donors (Lipinski definition) is 2. The molecule has 0 fully saturated rings. The first-order valence-corrected chi connectivity index (χ1v) is 7.68. The molecule has 0 aliphatic carbocycles. The molecule has 0 aromatic heterocycles. The third-order valence-electron chi connectivity index (χ3n) is 3.03. The van der Waals surface area contributed by atoms with Gasteiger partial charge in [0.25, 0.3) is 0 Å². The van der Waals surface area contributed by atoms with E-state index in [1.807, 2.05) is 26.0 Å². The molecule has 6 heteroatoms. The Labute approximate surface area is 143 Å². The number of hydrogen-bond acceptors (Lipinski definition) is 6. The van der Waals surface area contributed by atoms with Crippen LogP contribution in [0.2, 0.25) is 0 Å². The monoisotopic (exact) mass is 334 g/mol. The van der Waals surface area contributed by atoms with Gasteiger partial charge in [0, 0.05) is 12.1 Å². The fraction of sp³-hybridized carbons (Fsp3) is 0.333. The molecule has 2 aromatic carbocycles. The normalized spacial score (nSPS) is 9.50. The van der Waals surface area contributed by atoms with Crippen LogP contribution in [0.25, 0.3) is 0 Å². The van der Waals surface area contributed by atoms with Gasteiger partial charge in [-0.2, -0.15) is 0 Å². The van der Waals surface area contributed by atoms with Gasteiger partial charge in [0.15, 0.2) is 0 Å². The van der Waals surface area contributed by atoms with Crippen molar-refractivity contribution >= 4 is 11.4 Å².